The molecule has 0 aliphatic heterocycles. The lowest BCUT2D eigenvalue weighted by Gasteiger charge is -2.14. The fraction of sp³-hybridized carbons (Fsp3) is 0.615. The zero-order chi connectivity index (χ0) is 15.9. The summed E-state index contributed by atoms with van der Waals surface area (Å²) < 4.78 is 27.2. The summed E-state index contributed by atoms with van der Waals surface area (Å²) in [6.45, 7) is 6.53. The maximum Gasteiger partial charge on any atom is 0.242 e. The summed E-state index contributed by atoms with van der Waals surface area (Å²) in [5.41, 5.74) is 0. The molecule has 0 bridgehead atoms. The molecule has 1 aromatic rings. The van der Waals surface area contributed by atoms with Crippen LogP contribution in [0.2, 0.25) is 5.02 Å². The van der Waals surface area contributed by atoms with Crippen molar-refractivity contribution in [3.8, 4) is 0 Å². The molecule has 0 radical (unpaired) electrons. The molecule has 5 nitrogen and oxygen atoms in total. The highest BCUT2D eigenvalue weighted by Crippen LogP contribution is 2.22. The van der Waals surface area contributed by atoms with Crippen LogP contribution in [0.25, 0.3) is 0 Å². The van der Waals surface area contributed by atoms with Crippen LogP contribution in [-0.4, -0.2) is 37.5 Å². The number of sulfonamides is 1. The van der Waals surface area contributed by atoms with Crippen LogP contribution in [0.1, 0.15) is 27.2 Å². The minimum atomic E-state index is -3.58. The molecule has 1 aromatic heterocycles. The van der Waals surface area contributed by atoms with Gasteiger partial charge in [-0.3, -0.25) is 0 Å². The molecule has 0 saturated heterocycles. The minimum Gasteiger partial charge on any atom is -0.369 e. The van der Waals surface area contributed by atoms with Crippen LogP contribution in [0, 0.1) is 0 Å². The fourth-order valence-electron chi connectivity index (χ4n) is 1.66. The Morgan fingerprint density at radius 2 is 2.14 bits per heavy atom. The van der Waals surface area contributed by atoms with E-state index in [-0.39, 0.29) is 10.9 Å². The highest BCUT2D eigenvalue weighted by molar-refractivity contribution is 7.99. The van der Waals surface area contributed by atoms with E-state index < -0.39 is 10.0 Å². The van der Waals surface area contributed by atoms with Gasteiger partial charge in [-0.25, -0.2) is 18.1 Å². The minimum absolute atomic E-state index is 0.0872. The van der Waals surface area contributed by atoms with Crippen LogP contribution in [-0.2, 0) is 10.0 Å². The summed E-state index contributed by atoms with van der Waals surface area (Å²) in [6.07, 6.45) is 2.11. The summed E-state index contributed by atoms with van der Waals surface area (Å²) in [4.78, 5) is 4.14. The van der Waals surface area contributed by atoms with E-state index in [1.165, 1.54) is 12.3 Å². The highest BCUT2D eigenvalue weighted by atomic mass is 35.5. The van der Waals surface area contributed by atoms with Gasteiger partial charge in [0.1, 0.15) is 10.7 Å². The summed E-state index contributed by atoms with van der Waals surface area (Å²) in [6, 6.07) is 1.30. The Morgan fingerprint density at radius 3 is 2.71 bits per heavy atom. The third-order valence-corrected chi connectivity index (χ3v) is 5.50. The molecule has 0 aliphatic carbocycles. The molecule has 0 aliphatic rings. The highest BCUT2D eigenvalue weighted by Gasteiger charge is 2.19. The first-order valence-electron chi connectivity index (χ1n) is 6.90. The van der Waals surface area contributed by atoms with E-state index in [0.29, 0.717) is 17.4 Å². The van der Waals surface area contributed by atoms with Crippen LogP contribution < -0.4 is 10.0 Å². The second-order valence-electron chi connectivity index (χ2n) is 4.54. The standard InChI is InChI=1S/C13H22ClN3O2S2/c1-4-15-13-12(14)8-11(9-16-13)21(18,19)17-10(3)6-7-20-5-2/h8-10,17H,4-7H2,1-3H3,(H,15,16). The van der Waals surface area contributed by atoms with Crippen molar-refractivity contribution in [2.24, 2.45) is 0 Å². The Labute approximate surface area is 136 Å². The Balaban J connectivity index is 2.76. The van der Waals surface area contributed by atoms with Crippen molar-refractivity contribution in [1.29, 1.82) is 0 Å². The van der Waals surface area contributed by atoms with Crippen molar-refractivity contribution in [3.63, 3.8) is 0 Å². The SMILES string of the molecule is CCNc1ncc(S(=O)(=O)NC(C)CCSCC)cc1Cl. The molecule has 21 heavy (non-hydrogen) atoms. The van der Waals surface area contributed by atoms with E-state index in [1.807, 2.05) is 13.8 Å². The van der Waals surface area contributed by atoms with Crippen molar-refractivity contribution in [3.05, 3.63) is 17.3 Å². The molecule has 0 saturated carbocycles. The molecule has 0 aromatic carbocycles. The molecule has 1 heterocycles. The second kappa shape index (κ2) is 8.82. The number of hydrogen-bond acceptors (Lipinski definition) is 5. The molecule has 1 rings (SSSR count). The van der Waals surface area contributed by atoms with Gasteiger partial charge < -0.3 is 5.32 Å². The Bertz CT molecular complexity index is 552. The average molecular weight is 352 g/mol. The lowest BCUT2D eigenvalue weighted by Crippen LogP contribution is -2.33. The van der Waals surface area contributed by atoms with Gasteiger partial charge in [0.25, 0.3) is 0 Å². The number of nitrogens with one attached hydrogen (secondary N) is 2. The zero-order valence-electron chi connectivity index (χ0n) is 12.5. The lowest BCUT2D eigenvalue weighted by atomic mass is 10.3. The van der Waals surface area contributed by atoms with Gasteiger partial charge in [-0.15, -0.1) is 0 Å². The monoisotopic (exact) mass is 351 g/mol. The first-order valence-corrected chi connectivity index (χ1v) is 9.91. The molecular weight excluding hydrogens is 330 g/mol. The van der Waals surface area contributed by atoms with Gasteiger partial charge in [0.2, 0.25) is 10.0 Å². The molecule has 0 spiro atoms. The van der Waals surface area contributed by atoms with E-state index in [0.717, 1.165) is 17.9 Å². The van der Waals surface area contributed by atoms with E-state index in [9.17, 15) is 8.42 Å². The Hall–Kier alpha value is -0.500. The van der Waals surface area contributed by atoms with Gasteiger partial charge in [0, 0.05) is 18.8 Å². The van der Waals surface area contributed by atoms with Crippen LogP contribution in [0.3, 0.4) is 0 Å². The number of hydrogen-bond donors (Lipinski definition) is 2. The van der Waals surface area contributed by atoms with E-state index in [2.05, 4.69) is 21.9 Å². The van der Waals surface area contributed by atoms with Gasteiger partial charge in [0.05, 0.1) is 5.02 Å². The van der Waals surface area contributed by atoms with Crippen molar-refractivity contribution < 1.29 is 8.42 Å². The molecule has 1 atom stereocenters. The molecule has 8 heteroatoms. The topological polar surface area (TPSA) is 71.1 Å². The summed E-state index contributed by atoms with van der Waals surface area (Å²) in [5, 5.41) is 3.27. The predicted molar refractivity (Wildman–Crippen MR) is 90.8 cm³/mol. The normalized spacial score (nSPS) is 13.1. The molecule has 2 N–H and O–H groups in total. The number of anilines is 1. The smallest absolute Gasteiger partial charge is 0.242 e. The van der Waals surface area contributed by atoms with Crippen molar-refractivity contribution in [2.75, 3.05) is 23.4 Å². The average Bonchev–Trinajstić information content (AvgIpc) is 2.41. The van der Waals surface area contributed by atoms with E-state index in [4.69, 9.17) is 11.6 Å². The van der Waals surface area contributed by atoms with Crippen LogP contribution >= 0.6 is 23.4 Å². The van der Waals surface area contributed by atoms with Crippen LogP contribution in [0.15, 0.2) is 17.2 Å². The number of aromatic nitrogens is 1. The van der Waals surface area contributed by atoms with Crippen LogP contribution in [0.4, 0.5) is 5.82 Å². The number of pyridine rings is 1. The number of halogens is 1. The van der Waals surface area contributed by atoms with Gasteiger partial charge in [0.15, 0.2) is 0 Å². The zero-order valence-corrected chi connectivity index (χ0v) is 14.9. The first kappa shape index (κ1) is 18.5. The first-order chi connectivity index (χ1) is 9.90. The maximum atomic E-state index is 12.3. The summed E-state index contributed by atoms with van der Waals surface area (Å²) in [7, 11) is -3.58. The number of thioether (sulfide) groups is 1. The second-order valence-corrected chi connectivity index (χ2v) is 8.05. The third-order valence-electron chi connectivity index (χ3n) is 2.73. The van der Waals surface area contributed by atoms with Gasteiger partial charge >= 0.3 is 0 Å². The van der Waals surface area contributed by atoms with Crippen molar-refractivity contribution in [2.45, 2.75) is 38.1 Å². The van der Waals surface area contributed by atoms with E-state index >= 15 is 0 Å². The van der Waals surface area contributed by atoms with Gasteiger partial charge in [-0.1, -0.05) is 18.5 Å². The van der Waals surface area contributed by atoms with Gasteiger partial charge in [-0.2, -0.15) is 11.8 Å². The number of rotatable bonds is 9. The maximum absolute atomic E-state index is 12.3. The molecular formula is C13H22ClN3O2S2. The molecule has 120 valence electrons. The largest absolute Gasteiger partial charge is 0.369 e. The molecule has 1 unspecified atom stereocenters. The lowest BCUT2D eigenvalue weighted by molar-refractivity contribution is 0.556. The van der Waals surface area contributed by atoms with Crippen molar-refractivity contribution >= 4 is 39.2 Å². The predicted octanol–water partition coefficient (Wildman–Crippen LogP) is 2.98. The Kier molecular flexibility index (Phi) is 7.79. The van der Waals surface area contributed by atoms with Crippen molar-refractivity contribution in [1.82, 2.24) is 9.71 Å². The summed E-state index contributed by atoms with van der Waals surface area (Å²) in [5.74, 6) is 2.45. The third kappa shape index (κ3) is 6.02. The quantitative estimate of drug-likeness (QED) is 0.669. The summed E-state index contributed by atoms with van der Waals surface area (Å²) >= 11 is 7.82. The fourth-order valence-corrected chi connectivity index (χ4v) is 4.02. The van der Waals surface area contributed by atoms with Crippen LogP contribution in [0.5, 0.6) is 0 Å². The van der Waals surface area contributed by atoms with E-state index in [1.54, 1.807) is 11.8 Å². The number of nitrogens with zero attached hydrogens (tertiary/aromatic N) is 1. The molecule has 0 fully saturated rings. The molecule has 0 amide bonds. The van der Waals surface area contributed by atoms with Gasteiger partial charge in [-0.05, 0) is 37.8 Å². The Morgan fingerprint density at radius 1 is 1.43 bits per heavy atom.